The molecule has 2 N–H and O–H groups in total. The van der Waals surface area contributed by atoms with Crippen LogP contribution in [0.3, 0.4) is 0 Å². The van der Waals surface area contributed by atoms with Crippen LogP contribution >= 0.6 is 0 Å². The lowest BCUT2D eigenvalue weighted by atomic mass is 9.96. The monoisotopic (exact) mass is 310 g/mol. The first-order chi connectivity index (χ1) is 10.1. The highest BCUT2D eigenvalue weighted by molar-refractivity contribution is 7.89. The third-order valence-corrected chi connectivity index (χ3v) is 5.58. The minimum Gasteiger partial charge on any atom is -0.381 e. The Morgan fingerprint density at radius 1 is 1.05 bits per heavy atom. The second kappa shape index (κ2) is 7.80. The molecule has 21 heavy (non-hydrogen) atoms. The molecule has 1 aliphatic rings. The Morgan fingerprint density at radius 3 is 2.33 bits per heavy atom. The van der Waals surface area contributed by atoms with E-state index in [9.17, 15) is 8.42 Å². The molecule has 0 atom stereocenters. The average molecular weight is 310 g/mol. The van der Waals surface area contributed by atoms with Crippen LogP contribution in [0.2, 0.25) is 0 Å². The first-order valence-electron chi connectivity index (χ1n) is 7.98. The Bertz CT molecular complexity index is 535. The van der Waals surface area contributed by atoms with Gasteiger partial charge in [0.05, 0.1) is 5.69 Å². The van der Waals surface area contributed by atoms with E-state index in [0.29, 0.717) is 17.5 Å². The van der Waals surface area contributed by atoms with E-state index in [-0.39, 0.29) is 0 Å². The summed E-state index contributed by atoms with van der Waals surface area (Å²) in [5.41, 5.74) is 0.726. The molecule has 1 aliphatic carbocycles. The van der Waals surface area contributed by atoms with E-state index in [1.165, 1.54) is 32.1 Å². The molecule has 0 aliphatic heterocycles. The number of benzene rings is 1. The smallest absolute Gasteiger partial charge is 0.242 e. The lowest BCUT2D eigenvalue weighted by Crippen LogP contribution is -2.26. The Kier molecular flexibility index (Phi) is 6.06. The molecule has 0 heterocycles. The predicted octanol–water partition coefficient (Wildman–Crippen LogP) is 3.51. The van der Waals surface area contributed by atoms with Crippen LogP contribution < -0.4 is 10.0 Å². The lowest BCUT2D eigenvalue weighted by molar-refractivity contribution is 0.471. The van der Waals surface area contributed by atoms with Crippen molar-refractivity contribution in [3.63, 3.8) is 0 Å². The molecule has 4 nitrogen and oxygen atoms in total. The zero-order valence-electron chi connectivity index (χ0n) is 12.8. The molecule has 5 heteroatoms. The van der Waals surface area contributed by atoms with Gasteiger partial charge in [0.15, 0.2) is 0 Å². The molecule has 0 saturated heterocycles. The van der Waals surface area contributed by atoms with Gasteiger partial charge in [-0.15, -0.1) is 0 Å². The second-order valence-corrected chi connectivity index (χ2v) is 7.42. The summed E-state index contributed by atoms with van der Waals surface area (Å²) in [5.74, 6) is 0. The van der Waals surface area contributed by atoms with Gasteiger partial charge in [-0.2, -0.15) is 0 Å². The lowest BCUT2D eigenvalue weighted by Gasteiger charge is -2.23. The normalized spacial score (nSPS) is 18.0. The topological polar surface area (TPSA) is 58.2 Å². The van der Waals surface area contributed by atoms with Gasteiger partial charge in [-0.3, -0.25) is 0 Å². The number of anilines is 1. The predicted molar refractivity (Wildman–Crippen MR) is 87.0 cm³/mol. The highest BCUT2D eigenvalue weighted by Crippen LogP contribution is 2.25. The second-order valence-electron chi connectivity index (χ2n) is 5.68. The van der Waals surface area contributed by atoms with Gasteiger partial charge in [-0.1, -0.05) is 51.2 Å². The maximum atomic E-state index is 12.3. The molecule has 0 bridgehead atoms. The maximum absolute atomic E-state index is 12.3. The number of nitrogens with one attached hydrogen (secondary N) is 2. The molecule has 0 amide bonds. The summed E-state index contributed by atoms with van der Waals surface area (Å²) in [4.78, 5) is 0.355. The first kappa shape index (κ1) is 16.3. The summed E-state index contributed by atoms with van der Waals surface area (Å²) in [6, 6.07) is 7.57. The number of para-hydroxylation sites is 1. The number of sulfonamides is 1. The van der Waals surface area contributed by atoms with Gasteiger partial charge in [0.25, 0.3) is 0 Å². The molecule has 0 aromatic heterocycles. The zero-order chi connectivity index (χ0) is 15.1. The minimum atomic E-state index is -3.42. The first-order valence-corrected chi connectivity index (χ1v) is 9.47. The summed E-state index contributed by atoms with van der Waals surface area (Å²) in [7, 11) is -3.42. The molecular weight excluding hydrogens is 284 g/mol. The molecule has 118 valence electrons. The summed E-state index contributed by atoms with van der Waals surface area (Å²) in [6.07, 6.45) is 8.59. The molecule has 1 saturated carbocycles. The van der Waals surface area contributed by atoms with E-state index in [1.807, 2.05) is 12.1 Å². The Hall–Kier alpha value is -1.07. The van der Waals surface area contributed by atoms with E-state index in [2.05, 4.69) is 10.0 Å². The van der Waals surface area contributed by atoms with Gasteiger partial charge in [-0.05, 0) is 25.0 Å². The molecule has 2 rings (SSSR count). The molecular formula is C16H26N2O2S. The largest absolute Gasteiger partial charge is 0.381 e. The minimum absolute atomic E-state index is 0.355. The van der Waals surface area contributed by atoms with Crippen LogP contribution in [0, 0.1) is 0 Å². The van der Waals surface area contributed by atoms with Gasteiger partial charge in [0.1, 0.15) is 4.90 Å². The average Bonchev–Trinajstić information content (AvgIpc) is 2.42. The van der Waals surface area contributed by atoms with Crippen molar-refractivity contribution in [3.8, 4) is 0 Å². The third kappa shape index (κ3) is 4.71. The van der Waals surface area contributed by atoms with Crippen LogP contribution in [-0.2, 0) is 10.0 Å². The molecule has 1 aromatic carbocycles. The highest BCUT2D eigenvalue weighted by Gasteiger charge is 2.19. The Balaban J connectivity index is 2.15. The standard InChI is InChI=1S/C16H26N2O2S/c1-2-17-21(19,20)16-13-9-8-12-15(16)18-14-10-6-4-3-5-7-11-14/h8-9,12-14,17-18H,2-7,10-11H2,1H3. The van der Waals surface area contributed by atoms with Gasteiger partial charge in [0, 0.05) is 12.6 Å². The fourth-order valence-corrected chi connectivity index (χ4v) is 4.12. The molecule has 0 radical (unpaired) electrons. The van der Waals surface area contributed by atoms with Crippen LogP contribution in [0.1, 0.15) is 51.9 Å². The van der Waals surface area contributed by atoms with Crippen molar-refractivity contribution in [2.24, 2.45) is 0 Å². The summed E-state index contributed by atoms with van der Waals surface area (Å²) < 4.78 is 27.1. The summed E-state index contributed by atoms with van der Waals surface area (Å²) in [5, 5.41) is 3.46. The number of hydrogen-bond acceptors (Lipinski definition) is 3. The Morgan fingerprint density at radius 2 is 1.67 bits per heavy atom. The Labute approximate surface area is 128 Å². The van der Waals surface area contributed by atoms with E-state index >= 15 is 0 Å². The molecule has 1 aromatic rings. The quantitative estimate of drug-likeness (QED) is 0.875. The number of hydrogen-bond donors (Lipinski definition) is 2. The van der Waals surface area contributed by atoms with Crippen molar-refractivity contribution in [2.75, 3.05) is 11.9 Å². The maximum Gasteiger partial charge on any atom is 0.242 e. The van der Waals surface area contributed by atoms with Gasteiger partial charge in [-0.25, -0.2) is 13.1 Å². The van der Waals surface area contributed by atoms with E-state index in [0.717, 1.165) is 18.5 Å². The van der Waals surface area contributed by atoms with Crippen molar-refractivity contribution in [2.45, 2.75) is 62.8 Å². The van der Waals surface area contributed by atoms with Crippen molar-refractivity contribution in [3.05, 3.63) is 24.3 Å². The van der Waals surface area contributed by atoms with Crippen molar-refractivity contribution >= 4 is 15.7 Å². The van der Waals surface area contributed by atoms with Gasteiger partial charge < -0.3 is 5.32 Å². The summed E-state index contributed by atoms with van der Waals surface area (Å²) >= 11 is 0. The third-order valence-electron chi connectivity index (χ3n) is 3.98. The molecule has 1 fully saturated rings. The SMILES string of the molecule is CCNS(=O)(=O)c1ccccc1NC1CCCCCCC1. The van der Waals surface area contributed by atoms with Crippen molar-refractivity contribution in [1.29, 1.82) is 0 Å². The molecule has 0 spiro atoms. The van der Waals surface area contributed by atoms with Crippen LogP contribution in [0.4, 0.5) is 5.69 Å². The van der Waals surface area contributed by atoms with Crippen LogP contribution in [-0.4, -0.2) is 21.0 Å². The molecule has 0 unspecified atom stereocenters. The van der Waals surface area contributed by atoms with Crippen LogP contribution in [0.5, 0.6) is 0 Å². The fraction of sp³-hybridized carbons (Fsp3) is 0.625. The van der Waals surface area contributed by atoms with E-state index in [4.69, 9.17) is 0 Å². The van der Waals surface area contributed by atoms with Crippen LogP contribution in [0.15, 0.2) is 29.2 Å². The van der Waals surface area contributed by atoms with Crippen molar-refractivity contribution in [1.82, 2.24) is 4.72 Å². The number of rotatable bonds is 5. The highest BCUT2D eigenvalue weighted by atomic mass is 32.2. The van der Waals surface area contributed by atoms with Gasteiger partial charge in [0.2, 0.25) is 10.0 Å². The van der Waals surface area contributed by atoms with Gasteiger partial charge >= 0.3 is 0 Å². The summed E-state index contributed by atoms with van der Waals surface area (Å²) in [6.45, 7) is 2.20. The zero-order valence-corrected chi connectivity index (χ0v) is 13.6. The van der Waals surface area contributed by atoms with Crippen molar-refractivity contribution < 1.29 is 8.42 Å². The fourth-order valence-electron chi connectivity index (χ4n) is 2.91. The van der Waals surface area contributed by atoms with E-state index < -0.39 is 10.0 Å². The van der Waals surface area contributed by atoms with Crippen LogP contribution in [0.25, 0.3) is 0 Å². The van der Waals surface area contributed by atoms with E-state index in [1.54, 1.807) is 19.1 Å².